The zero-order valence-corrected chi connectivity index (χ0v) is 9.56. The Kier molecular flexibility index (Phi) is 2.99. The maximum atomic E-state index is 11.5. The number of aromatic carboxylic acids is 1. The summed E-state index contributed by atoms with van der Waals surface area (Å²) in [4.78, 5) is 24.4. The number of carbonyl (C=O) groups is 2. The fourth-order valence-electron chi connectivity index (χ4n) is 1.94. The molecule has 0 atom stereocenters. The zero-order valence-electron chi connectivity index (χ0n) is 9.56. The molecule has 1 amide bonds. The second-order valence-corrected chi connectivity index (χ2v) is 3.91. The highest BCUT2D eigenvalue weighted by Gasteiger charge is 2.19. The minimum atomic E-state index is -0.991. The lowest BCUT2D eigenvalue weighted by atomic mass is 10.1. The number of carbonyl (C=O) groups excluding carboxylic acids is 1. The Hall–Kier alpha value is -2.04. The van der Waals surface area contributed by atoms with Crippen molar-refractivity contribution in [1.82, 2.24) is 0 Å². The van der Waals surface area contributed by atoms with Crippen LogP contribution in [0.25, 0.3) is 0 Å². The monoisotopic (exact) mass is 234 g/mol. The van der Waals surface area contributed by atoms with Gasteiger partial charge in [0.15, 0.2) is 0 Å². The Morgan fingerprint density at radius 2 is 2.29 bits per heavy atom. The highest BCUT2D eigenvalue weighted by molar-refractivity contribution is 5.99. The second-order valence-electron chi connectivity index (χ2n) is 3.91. The third-order valence-corrected chi connectivity index (χ3v) is 2.85. The van der Waals surface area contributed by atoms with Gasteiger partial charge in [0.05, 0.1) is 16.9 Å². The Morgan fingerprint density at radius 1 is 1.53 bits per heavy atom. The summed E-state index contributed by atoms with van der Waals surface area (Å²) < 4.78 is 0. The van der Waals surface area contributed by atoms with Crippen molar-refractivity contribution < 1.29 is 14.7 Å². The van der Waals surface area contributed by atoms with Gasteiger partial charge in [-0.25, -0.2) is 4.79 Å². The van der Waals surface area contributed by atoms with Gasteiger partial charge in [-0.2, -0.15) is 0 Å². The largest absolute Gasteiger partial charge is 0.478 e. The summed E-state index contributed by atoms with van der Waals surface area (Å²) >= 11 is 0. The number of fused-ring (bicyclic) bond motifs is 1. The summed E-state index contributed by atoms with van der Waals surface area (Å²) in [6.07, 6.45) is 0.422. The number of hydrogen-bond donors (Lipinski definition) is 2. The third kappa shape index (κ3) is 2.22. The lowest BCUT2D eigenvalue weighted by Crippen LogP contribution is -2.23. The molecule has 2 N–H and O–H groups in total. The summed E-state index contributed by atoms with van der Waals surface area (Å²) in [5.74, 6) is -1.07. The highest BCUT2D eigenvalue weighted by Crippen LogP contribution is 2.29. The minimum absolute atomic E-state index is 0.0789. The van der Waals surface area contributed by atoms with Gasteiger partial charge in [-0.1, -0.05) is 0 Å². The van der Waals surface area contributed by atoms with Crippen LogP contribution < -0.4 is 10.2 Å². The van der Waals surface area contributed by atoms with Gasteiger partial charge in [-0.05, 0) is 25.1 Å². The molecule has 1 aliphatic heterocycles. The summed E-state index contributed by atoms with van der Waals surface area (Å²) in [5, 5.41) is 11.7. The molecule has 2 rings (SSSR count). The van der Waals surface area contributed by atoms with E-state index in [1.54, 1.807) is 12.1 Å². The number of benzene rings is 1. The Labute approximate surface area is 99.0 Å². The molecule has 5 heteroatoms. The van der Waals surface area contributed by atoms with Crippen molar-refractivity contribution in [3.63, 3.8) is 0 Å². The van der Waals surface area contributed by atoms with Gasteiger partial charge in [0, 0.05) is 19.5 Å². The molecule has 1 heterocycles. The van der Waals surface area contributed by atoms with Crippen LogP contribution in [0.15, 0.2) is 18.2 Å². The van der Waals surface area contributed by atoms with Crippen LogP contribution in [0, 0.1) is 0 Å². The fourth-order valence-corrected chi connectivity index (χ4v) is 1.94. The standard InChI is InChI=1S/C12H14N2O3/c1-2-14-6-5-11(15)13-9-7-8(12(16)17)3-4-10(9)14/h3-4,7H,2,5-6H2,1H3,(H,13,15)(H,16,17). The normalized spacial score (nSPS) is 14.9. The zero-order chi connectivity index (χ0) is 12.4. The SMILES string of the molecule is CCN1CCC(=O)Nc2cc(C(=O)O)ccc21. The predicted octanol–water partition coefficient (Wildman–Crippen LogP) is 1.55. The molecular weight excluding hydrogens is 220 g/mol. The van der Waals surface area contributed by atoms with Gasteiger partial charge in [-0.3, -0.25) is 4.79 Å². The van der Waals surface area contributed by atoms with E-state index in [9.17, 15) is 9.59 Å². The number of anilines is 2. The molecule has 0 bridgehead atoms. The quantitative estimate of drug-likeness (QED) is 0.814. The Bertz CT molecular complexity index is 471. The molecule has 1 aromatic carbocycles. The van der Waals surface area contributed by atoms with Crippen molar-refractivity contribution in [2.24, 2.45) is 0 Å². The topological polar surface area (TPSA) is 69.6 Å². The second kappa shape index (κ2) is 4.45. The third-order valence-electron chi connectivity index (χ3n) is 2.85. The van der Waals surface area contributed by atoms with Gasteiger partial charge in [0.25, 0.3) is 0 Å². The van der Waals surface area contributed by atoms with Crippen LogP contribution in [0.2, 0.25) is 0 Å². The number of rotatable bonds is 2. The summed E-state index contributed by atoms with van der Waals surface area (Å²) in [7, 11) is 0. The van der Waals surface area contributed by atoms with Crippen LogP contribution in [-0.4, -0.2) is 30.1 Å². The minimum Gasteiger partial charge on any atom is -0.478 e. The number of hydrogen-bond acceptors (Lipinski definition) is 3. The number of nitrogens with one attached hydrogen (secondary N) is 1. The van der Waals surface area contributed by atoms with Crippen LogP contribution in [-0.2, 0) is 4.79 Å². The van der Waals surface area contributed by atoms with Gasteiger partial charge in [-0.15, -0.1) is 0 Å². The molecule has 5 nitrogen and oxygen atoms in total. The average molecular weight is 234 g/mol. The Morgan fingerprint density at radius 3 is 2.94 bits per heavy atom. The predicted molar refractivity (Wildman–Crippen MR) is 64.5 cm³/mol. The number of nitrogens with zero attached hydrogens (tertiary/aromatic N) is 1. The average Bonchev–Trinajstić information content (AvgIpc) is 2.46. The van der Waals surface area contributed by atoms with Crippen molar-refractivity contribution in [1.29, 1.82) is 0 Å². The summed E-state index contributed by atoms with van der Waals surface area (Å²) in [6.45, 7) is 3.45. The van der Waals surface area contributed by atoms with Crippen molar-refractivity contribution in [2.75, 3.05) is 23.3 Å². The maximum absolute atomic E-state index is 11.5. The van der Waals surface area contributed by atoms with Crippen LogP contribution >= 0.6 is 0 Å². The molecule has 0 fully saturated rings. The van der Waals surface area contributed by atoms with E-state index >= 15 is 0 Å². The lowest BCUT2D eigenvalue weighted by molar-refractivity contribution is -0.115. The number of carboxylic acids is 1. The van der Waals surface area contributed by atoms with Gasteiger partial charge < -0.3 is 15.3 Å². The van der Waals surface area contributed by atoms with E-state index in [2.05, 4.69) is 10.2 Å². The fraction of sp³-hybridized carbons (Fsp3) is 0.333. The molecule has 0 saturated heterocycles. The molecule has 1 aromatic rings. The highest BCUT2D eigenvalue weighted by atomic mass is 16.4. The van der Waals surface area contributed by atoms with E-state index in [-0.39, 0.29) is 11.5 Å². The Balaban J connectivity index is 2.46. The molecular formula is C12H14N2O3. The molecule has 0 spiro atoms. The first-order valence-corrected chi connectivity index (χ1v) is 5.54. The van der Waals surface area contributed by atoms with Crippen LogP contribution in [0.5, 0.6) is 0 Å². The van der Waals surface area contributed by atoms with Crippen molar-refractivity contribution in [3.05, 3.63) is 23.8 Å². The van der Waals surface area contributed by atoms with E-state index in [1.165, 1.54) is 6.07 Å². The van der Waals surface area contributed by atoms with Crippen LogP contribution in [0.4, 0.5) is 11.4 Å². The summed E-state index contributed by atoms with van der Waals surface area (Å²) in [5.41, 5.74) is 1.64. The summed E-state index contributed by atoms with van der Waals surface area (Å²) in [6, 6.07) is 4.80. The van der Waals surface area contributed by atoms with E-state index < -0.39 is 5.97 Å². The van der Waals surface area contributed by atoms with Crippen molar-refractivity contribution in [3.8, 4) is 0 Å². The lowest BCUT2D eigenvalue weighted by Gasteiger charge is -2.22. The van der Waals surface area contributed by atoms with Crippen molar-refractivity contribution >= 4 is 23.3 Å². The molecule has 0 saturated carbocycles. The molecule has 90 valence electrons. The molecule has 1 aliphatic rings. The first-order chi connectivity index (χ1) is 8.11. The molecule has 0 unspecified atom stereocenters. The van der Waals surface area contributed by atoms with E-state index in [0.717, 1.165) is 12.2 Å². The van der Waals surface area contributed by atoms with Crippen LogP contribution in [0.1, 0.15) is 23.7 Å². The molecule has 0 aromatic heterocycles. The number of carboxylic acid groups (broad SMARTS) is 1. The van der Waals surface area contributed by atoms with E-state index in [4.69, 9.17) is 5.11 Å². The number of amides is 1. The molecule has 0 aliphatic carbocycles. The first-order valence-electron chi connectivity index (χ1n) is 5.54. The van der Waals surface area contributed by atoms with Gasteiger partial charge in [0.2, 0.25) is 5.91 Å². The maximum Gasteiger partial charge on any atom is 0.335 e. The van der Waals surface area contributed by atoms with Crippen molar-refractivity contribution in [2.45, 2.75) is 13.3 Å². The molecule has 0 radical (unpaired) electrons. The van der Waals surface area contributed by atoms with Gasteiger partial charge >= 0.3 is 5.97 Å². The van der Waals surface area contributed by atoms with E-state index in [1.807, 2.05) is 6.92 Å². The van der Waals surface area contributed by atoms with Gasteiger partial charge in [0.1, 0.15) is 0 Å². The van der Waals surface area contributed by atoms with E-state index in [0.29, 0.717) is 18.7 Å². The molecule has 17 heavy (non-hydrogen) atoms. The van der Waals surface area contributed by atoms with Crippen LogP contribution in [0.3, 0.4) is 0 Å². The first kappa shape index (κ1) is 11.4. The smallest absolute Gasteiger partial charge is 0.335 e.